The van der Waals surface area contributed by atoms with Crippen molar-refractivity contribution in [3.05, 3.63) is 95.7 Å². The number of aromatic amines is 1. The fourth-order valence-corrected chi connectivity index (χ4v) is 7.02. The number of hydrogen-bond acceptors (Lipinski definition) is 8. The standard InChI is InChI=1S/C31H22F2N6O6S/c32-31(33)44-24-11-9-21(15-25(24)45-31)39(20-7-8-20)26(40)16-37-30(41)29-28(34-17-35-29)27(36-37)19-6-10-23-18(14-19)12-13-38(23)46(42,43)22-4-2-1-3-5-22/h1-6,9-15,17,20H,7-8,16H2,(H,34,35). The third kappa shape index (κ3) is 4.58. The number of amides is 1. The van der Waals surface area contributed by atoms with E-state index >= 15 is 0 Å². The van der Waals surface area contributed by atoms with E-state index in [1.54, 1.807) is 42.5 Å². The molecule has 3 aromatic carbocycles. The maximum Gasteiger partial charge on any atom is 0.586 e. The smallest absolute Gasteiger partial charge is 0.395 e. The molecule has 0 bridgehead atoms. The fourth-order valence-electron chi connectivity index (χ4n) is 5.65. The lowest BCUT2D eigenvalue weighted by atomic mass is 10.1. The van der Waals surface area contributed by atoms with Crippen molar-refractivity contribution in [2.45, 2.75) is 36.6 Å². The number of anilines is 1. The van der Waals surface area contributed by atoms with Crippen molar-refractivity contribution in [1.29, 1.82) is 0 Å². The molecule has 15 heteroatoms. The molecule has 46 heavy (non-hydrogen) atoms. The van der Waals surface area contributed by atoms with Crippen molar-refractivity contribution in [2.75, 3.05) is 4.90 Å². The largest absolute Gasteiger partial charge is 0.586 e. The third-order valence-corrected chi connectivity index (χ3v) is 9.59. The predicted octanol–water partition coefficient (Wildman–Crippen LogP) is 4.50. The van der Waals surface area contributed by atoms with E-state index in [1.165, 1.54) is 51.7 Å². The first-order valence-corrected chi connectivity index (χ1v) is 15.6. The predicted molar refractivity (Wildman–Crippen MR) is 161 cm³/mol. The number of nitrogens with zero attached hydrogens (tertiary/aromatic N) is 5. The van der Waals surface area contributed by atoms with Crippen LogP contribution >= 0.6 is 0 Å². The Labute approximate surface area is 258 Å². The molecule has 0 saturated heterocycles. The minimum Gasteiger partial charge on any atom is -0.395 e. The summed E-state index contributed by atoms with van der Waals surface area (Å²) in [5.74, 6) is -0.826. The first-order valence-electron chi connectivity index (χ1n) is 14.2. The van der Waals surface area contributed by atoms with E-state index in [4.69, 9.17) is 0 Å². The van der Waals surface area contributed by atoms with Crippen LogP contribution in [0.4, 0.5) is 14.5 Å². The molecular weight excluding hydrogens is 622 g/mol. The summed E-state index contributed by atoms with van der Waals surface area (Å²) >= 11 is 0. The van der Waals surface area contributed by atoms with Gasteiger partial charge in [0.05, 0.1) is 22.3 Å². The fraction of sp³-hybridized carbons (Fsp3) is 0.161. The van der Waals surface area contributed by atoms with Gasteiger partial charge in [0.1, 0.15) is 12.2 Å². The lowest BCUT2D eigenvalue weighted by Gasteiger charge is -2.23. The van der Waals surface area contributed by atoms with E-state index in [9.17, 15) is 26.8 Å². The third-order valence-electron chi connectivity index (χ3n) is 7.89. The molecule has 232 valence electrons. The number of fused-ring (bicyclic) bond motifs is 3. The normalized spacial score (nSPS) is 15.4. The molecule has 1 saturated carbocycles. The number of carbonyl (C=O) groups is 1. The summed E-state index contributed by atoms with van der Waals surface area (Å²) in [6.07, 6.45) is 0.413. The van der Waals surface area contributed by atoms with Gasteiger partial charge in [-0.2, -0.15) is 5.10 Å². The molecule has 8 rings (SSSR count). The van der Waals surface area contributed by atoms with E-state index in [1.807, 2.05) is 0 Å². The molecule has 1 amide bonds. The highest BCUT2D eigenvalue weighted by atomic mass is 32.2. The Morgan fingerprint density at radius 3 is 2.59 bits per heavy atom. The van der Waals surface area contributed by atoms with Gasteiger partial charge in [0.2, 0.25) is 5.91 Å². The zero-order chi connectivity index (χ0) is 31.8. The van der Waals surface area contributed by atoms with E-state index in [2.05, 4.69) is 24.5 Å². The van der Waals surface area contributed by atoms with Gasteiger partial charge in [0.25, 0.3) is 15.6 Å². The summed E-state index contributed by atoms with van der Waals surface area (Å²) < 4.78 is 65.1. The van der Waals surface area contributed by atoms with Crippen molar-refractivity contribution in [3.63, 3.8) is 0 Å². The Morgan fingerprint density at radius 2 is 1.80 bits per heavy atom. The molecule has 12 nitrogen and oxygen atoms in total. The lowest BCUT2D eigenvalue weighted by Crippen LogP contribution is -2.39. The number of imidazole rings is 1. The van der Waals surface area contributed by atoms with Crippen LogP contribution in [0.3, 0.4) is 0 Å². The Hall–Kier alpha value is -5.57. The van der Waals surface area contributed by atoms with Crippen molar-refractivity contribution >= 4 is 43.6 Å². The first-order chi connectivity index (χ1) is 22.1. The number of nitrogens with one attached hydrogen (secondary N) is 1. The minimum atomic E-state index is -3.85. The van der Waals surface area contributed by atoms with Crippen molar-refractivity contribution < 1.29 is 31.5 Å². The highest BCUT2D eigenvalue weighted by Crippen LogP contribution is 2.44. The maximum atomic E-state index is 13.7. The highest BCUT2D eigenvalue weighted by Gasteiger charge is 2.44. The molecule has 1 aliphatic carbocycles. The second-order valence-electron chi connectivity index (χ2n) is 10.9. The number of ether oxygens (including phenoxy) is 2. The van der Waals surface area contributed by atoms with Crippen LogP contribution in [0.1, 0.15) is 12.8 Å². The number of aromatic nitrogens is 5. The van der Waals surface area contributed by atoms with Crippen LogP contribution in [0.15, 0.2) is 95.0 Å². The van der Waals surface area contributed by atoms with Crippen LogP contribution in [0.2, 0.25) is 0 Å². The second-order valence-corrected chi connectivity index (χ2v) is 12.7. The van der Waals surface area contributed by atoms with Gasteiger partial charge in [-0.1, -0.05) is 24.3 Å². The zero-order valence-corrected chi connectivity index (χ0v) is 24.4. The summed E-state index contributed by atoms with van der Waals surface area (Å²) in [5, 5.41) is 5.15. The Bertz CT molecular complexity index is 2370. The Kier molecular flexibility index (Phi) is 6.06. The highest BCUT2D eigenvalue weighted by molar-refractivity contribution is 7.90. The molecule has 2 aliphatic rings. The number of H-pyrrole nitrogens is 1. The topological polar surface area (TPSA) is 141 Å². The van der Waals surface area contributed by atoms with Crippen LogP contribution in [0, 0.1) is 0 Å². The molecule has 6 aromatic rings. The van der Waals surface area contributed by atoms with Crippen molar-refractivity contribution in [2.24, 2.45) is 0 Å². The average molecular weight is 645 g/mol. The van der Waals surface area contributed by atoms with E-state index in [0.717, 1.165) is 4.68 Å². The quantitative estimate of drug-likeness (QED) is 0.268. The van der Waals surface area contributed by atoms with Crippen LogP contribution < -0.4 is 19.9 Å². The summed E-state index contributed by atoms with van der Waals surface area (Å²) in [7, 11) is -3.85. The molecule has 1 N–H and O–H groups in total. The van der Waals surface area contributed by atoms with Gasteiger partial charge in [-0.3, -0.25) is 9.59 Å². The molecule has 1 aliphatic heterocycles. The first kappa shape index (κ1) is 27.9. The van der Waals surface area contributed by atoms with E-state index < -0.39 is 34.3 Å². The molecule has 0 unspecified atom stereocenters. The van der Waals surface area contributed by atoms with Crippen molar-refractivity contribution in [1.82, 2.24) is 23.7 Å². The number of hydrogen-bond donors (Lipinski definition) is 1. The van der Waals surface area contributed by atoms with Gasteiger partial charge in [-0.05, 0) is 55.3 Å². The SMILES string of the molecule is O=C(Cn1nc(-c2ccc3c(ccn3S(=O)(=O)c3ccccc3)c2)c2[nH]cnc2c1=O)N(c1ccc2c(c1)OC(F)(F)O2)C1CC1. The Morgan fingerprint density at radius 1 is 1.02 bits per heavy atom. The van der Waals surface area contributed by atoms with Gasteiger partial charge >= 0.3 is 6.29 Å². The molecule has 0 radical (unpaired) electrons. The van der Waals surface area contributed by atoms with Crippen molar-refractivity contribution in [3.8, 4) is 22.8 Å². The van der Waals surface area contributed by atoms with Crippen LogP contribution in [-0.2, 0) is 21.4 Å². The minimum absolute atomic E-state index is 0.0606. The molecule has 0 spiro atoms. The van der Waals surface area contributed by atoms with Crippen LogP contribution in [0.5, 0.6) is 11.5 Å². The molecule has 1 fully saturated rings. The summed E-state index contributed by atoms with van der Waals surface area (Å²) in [4.78, 5) is 35.8. The number of alkyl halides is 2. The average Bonchev–Trinajstić information content (AvgIpc) is 3.42. The number of carbonyl (C=O) groups excluding carboxylic acids is 1. The number of halogens is 2. The van der Waals surface area contributed by atoms with Gasteiger partial charge in [-0.25, -0.2) is 22.1 Å². The van der Waals surface area contributed by atoms with E-state index in [0.29, 0.717) is 46.2 Å². The van der Waals surface area contributed by atoms with Crippen LogP contribution in [-0.4, -0.2) is 50.4 Å². The number of rotatable bonds is 7. The Balaban J connectivity index is 1.15. The lowest BCUT2D eigenvalue weighted by molar-refractivity contribution is -0.286. The summed E-state index contributed by atoms with van der Waals surface area (Å²) in [6, 6.07) is 18.7. The summed E-state index contributed by atoms with van der Waals surface area (Å²) in [5.41, 5.74) is 1.44. The van der Waals surface area contributed by atoms with Crippen LogP contribution in [0.25, 0.3) is 33.2 Å². The number of benzene rings is 3. The summed E-state index contributed by atoms with van der Waals surface area (Å²) in [6.45, 7) is -0.455. The van der Waals surface area contributed by atoms with Gasteiger partial charge in [-0.15, -0.1) is 8.78 Å². The maximum absolute atomic E-state index is 13.7. The van der Waals surface area contributed by atoms with Gasteiger partial charge in [0.15, 0.2) is 17.0 Å². The van der Waals surface area contributed by atoms with E-state index in [-0.39, 0.29) is 28.0 Å². The molecular formula is C31H22F2N6O6S. The zero-order valence-electron chi connectivity index (χ0n) is 23.6. The second kappa shape index (κ2) is 9.97. The van der Waals surface area contributed by atoms with Gasteiger partial charge < -0.3 is 19.4 Å². The molecule has 3 aromatic heterocycles. The molecule has 0 atom stereocenters. The van der Waals surface area contributed by atoms with Gasteiger partial charge in [0, 0.05) is 34.9 Å². The monoisotopic (exact) mass is 644 g/mol. The molecule has 4 heterocycles.